The number of aromatic nitrogens is 2. The molecule has 1 N–H and O–H groups in total. The lowest BCUT2D eigenvalue weighted by Crippen LogP contribution is -2.13. The Balaban J connectivity index is 3.17. The molecule has 0 aliphatic heterocycles. The summed E-state index contributed by atoms with van der Waals surface area (Å²) in [6, 6.07) is 0. The van der Waals surface area contributed by atoms with E-state index in [4.69, 9.17) is 0 Å². The zero-order valence-corrected chi connectivity index (χ0v) is 11.1. The fourth-order valence-corrected chi connectivity index (χ4v) is 2.44. The van der Waals surface area contributed by atoms with E-state index in [9.17, 15) is 0 Å². The van der Waals surface area contributed by atoms with Crippen LogP contribution in [0.4, 0.5) is 0 Å². The van der Waals surface area contributed by atoms with E-state index in [0.717, 1.165) is 16.7 Å². The molecule has 1 aromatic heterocycles. The Morgan fingerprint density at radius 3 is 2.36 bits per heavy atom. The number of rotatable bonds is 2. The summed E-state index contributed by atoms with van der Waals surface area (Å²) in [7, 11) is 3.92. The van der Waals surface area contributed by atoms with E-state index in [1.54, 1.807) is 0 Å². The molecule has 0 bridgehead atoms. The molecule has 3 nitrogen and oxygen atoms in total. The monoisotopic (exact) mass is 259 g/mol. The molecule has 0 amide bonds. The summed E-state index contributed by atoms with van der Waals surface area (Å²) in [6.07, 6.45) is 0. The molecule has 0 spiro atoms. The van der Waals surface area contributed by atoms with Crippen LogP contribution in [-0.4, -0.2) is 16.8 Å². The first-order valence-electron chi connectivity index (χ1n) is 4.74. The van der Waals surface area contributed by atoms with Gasteiger partial charge in [0.05, 0.1) is 15.9 Å². The molecular formula is C10H18BrN3. The second-order valence-corrected chi connectivity index (χ2v) is 5.31. The fraction of sp³-hybridized carbons (Fsp3) is 0.700. The van der Waals surface area contributed by atoms with Crippen molar-refractivity contribution >= 4 is 15.9 Å². The van der Waals surface area contributed by atoms with Gasteiger partial charge in [-0.25, -0.2) is 0 Å². The molecule has 1 heterocycles. The minimum absolute atomic E-state index is 0.0859. The van der Waals surface area contributed by atoms with Crippen molar-refractivity contribution in [3.63, 3.8) is 0 Å². The summed E-state index contributed by atoms with van der Waals surface area (Å²) in [4.78, 5) is 0. The molecule has 80 valence electrons. The van der Waals surface area contributed by atoms with Crippen LogP contribution < -0.4 is 5.32 Å². The van der Waals surface area contributed by atoms with E-state index >= 15 is 0 Å². The number of hydrogen-bond donors (Lipinski definition) is 1. The molecule has 0 unspecified atom stereocenters. The van der Waals surface area contributed by atoms with E-state index in [1.807, 2.05) is 18.8 Å². The van der Waals surface area contributed by atoms with Gasteiger partial charge in [0.15, 0.2) is 0 Å². The third-order valence-electron chi connectivity index (χ3n) is 2.16. The molecule has 1 rings (SSSR count). The van der Waals surface area contributed by atoms with Crippen LogP contribution >= 0.6 is 15.9 Å². The highest BCUT2D eigenvalue weighted by Crippen LogP contribution is 2.30. The van der Waals surface area contributed by atoms with Crippen LogP contribution in [0.15, 0.2) is 4.47 Å². The molecule has 0 fully saturated rings. The molecule has 14 heavy (non-hydrogen) atoms. The van der Waals surface area contributed by atoms with Gasteiger partial charge < -0.3 is 5.32 Å². The van der Waals surface area contributed by atoms with Crippen molar-refractivity contribution in [2.24, 2.45) is 7.05 Å². The summed E-state index contributed by atoms with van der Waals surface area (Å²) in [5.41, 5.74) is 2.39. The van der Waals surface area contributed by atoms with Crippen molar-refractivity contribution in [2.75, 3.05) is 7.05 Å². The fourth-order valence-electron chi connectivity index (χ4n) is 1.37. The van der Waals surface area contributed by atoms with Gasteiger partial charge in [0.2, 0.25) is 0 Å². The predicted molar refractivity (Wildman–Crippen MR) is 62.4 cm³/mol. The molecule has 0 saturated carbocycles. The highest BCUT2D eigenvalue weighted by Gasteiger charge is 2.23. The van der Waals surface area contributed by atoms with Gasteiger partial charge in [-0.2, -0.15) is 5.10 Å². The lowest BCUT2D eigenvalue weighted by atomic mass is 9.92. The van der Waals surface area contributed by atoms with Gasteiger partial charge in [0.25, 0.3) is 0 Å². The average molecular weight is 260 g/mol. The predicted octanol–water partition coefficient (Wildman–Crippen LogP) is 2.20. The molecular weight excluding hydrogens is 242 g/mol. The van der Waals surface area contributed by atoms with Gasteiger partial charge in [-0.15, -0.1) is 0 Å². The van der Waals surface area contributed by atoms with Crippen LogP contribution in [-0.2, 0) is 19.0 Å². The molecule has 4 heteroatoms. The van der Waals surface area contributed by atoms with Crippen LogP contribution in [0.5, 0.6) is 0 Å². The summed E-state index contributed by atoms with van der Waals surface area (Å²) in [5.74, 6) is 0. The maximum absolute atomic E-state index is 4.53. The van der Waals surface area contributed by atoms with Crippen LogP contribution in [0.1, 0.15) is 32.2 Å². The van der Waals surface area contributed by atoms with Gasteiger partial charge >= 0.3 is 0 Å². The zero-order valence-electron chi connectivity index (χ0n) is 9.48. The summed E-state index contributed by atoms with van der Waals surface area (Å²) >= 11 is 3.62. The van der Waals surface area contributed by atoms with Crippen molar-refractivity contribution in [1.82, 2.24) is 15.1 Å². The Bertz CT molecular complexity index is 323. The Hall–Kier alpha value is -0.350. The smallest absolute Gasteiger partial charge is 0.0823 e. The van der Waals surface area contributed by atoms with Crippen LogP contribution in [0, 0.1) is 0 Å². The average Bonchev–Trinajstić information content (AvgIpc) is 2.31. The van der Waals surface area contributed by atoms with Gasteiger partial charge in [0, 0.05) is 19.0 Å². The van der Waals surface area contributed by atoms with Crippen molar-refractivity contribution in [2.45, 2.75) is 32.7 Å². The molecule has 1 aromatic rings. The van der Waals surface area contributed by atoms with Crippen LogP contribution in [0.3, 0.4) is 0 Å². The van der Waals surface area contributed by atoms with Crippen LogP contribution in [0.25, 0.3) is 0 Å². The van der Waals surface area contributed by atoms with Gasteiger partial charge in [-0.1, -0.05) is 20.8 Å². The maximum atomic E-state index is 4.53. The second kappa shape index (κ2) is 4.03. The first-order valence-corrected chi connectivity index (χ1v) is 5.53. The number of halogens is 1. The standard InChI is InChI=1S/C10H18BrN3/c1-10(2,3)9-8(11)7(6-12-4)14(5)13-9/h12H,6H2,1-5H3. The highest BCUT2D eigenvalue weighted by atomic mass is 79.9. The van der Waals surface area contributed by atoms with E-state index in [2.05, 4.69) is 47.1 Å². The molecule has 0 aliphatic rings. The minimum atomic E-state index is 0.0859. The van der Waals surface area contributed by atoms with Crippen molar-refractivity contribution in [3.05, 3.63) is 15.9 Å². The molecule has 0 aliphatic carbocycles. The first kappa shape index (κ1) is 11.7. The van der Waals surface area contributed by atoms with Gasteiger partial charge in [-0.05, 0) is 23.0 Å². The Labute approximate surface area is 94.0 Å². The molecule has 0 atom stereocenters. The quantitative estimate of drug-likeness (QED) is 0.883. The largest absolute Gasteiger partial charge is 0.314 e. The lowest BCUT2D eigenvalue weighted by molar-refractivity contribution is 0.549. The number of nitrogens with zero attached hydrogens (tertiary/aromatic N) is 2. The lowest BCUT2D eigenvalue weighted by Gasteiger charge is -2.15. The maximum Gasteiger partial charge on any atom is 0.0823 e. The van der Waals surface area contributed by atoms with Crippen molar-refractivity contribution in [1.29, 1.82) is 0 Å². The van der Waals surface area contributed by atoms with Crippen LogP contribution in [0.2, 0.25) is 0 Å². The van der Waals surface area contributed by atoms with Crippen molar-refractivity contribution in [3.8, 4) is 0 Å². The SMILES string of the molecule is CNCc1c(Br)c(C(C)(C)C)nn1C. The zero-order chi connectivity index (χ0) is 10.9. The Kier molecular flexibility index (Phi) is 3.37. The van der Waals surface area contributed by atoms with E-state index in [1.165, 1.54) is 5.69 Å². The number of aryl methyl sites for hydroxylation is 1. The van der Waals surface area contributed by atoms with E-state index in [0.29, 0.717) is 0 Å². The minimum Gasteiger partial charge on any atom is -0.314 e. The normalized spacial score (nSPS) is 12.1. The number of hydrogen-bond acceptors (Lipinski definition) is 2. The Morgan fingerprint density at radius 2 is 2.00 bits per heavy atom. The summed E-state index contributed by atoms with van der Waals surface area (Å²) in [5, 5.41) is 7.67. The van der Waals surface area contributed by atoms with Gasteiger partial charge in [0.1, 0.15) is 0 Å². The first-order chi connectivity index (χ1) is 6.38. The number of nitrogens with one attached hydrogen (secondary N) is 1. The third-order valence-corrected chi connectivity index (χ3v) is 2.99. The third kappa shape index (κ3) is 2.17. The molecule has 0 radical (unpaired) electrons. The molecule has 0 aromatic carbocycles. The van der Waals surface area contributed by atoms with E-state index < -0.39 is 0 Å². The summed E-state index contributed by atoms with van der Waals surface area (Å²) < 4.78 is 3.06. The topological polar surface area (TPSA) is 29.9 Å². The summed E-state index contributed by atoms with van der Waals surface area (Å²) in [6.45, 7) is 7.34. The second-order valence-electron chi connectivity index (χ2n) is 4.51. The van der Waals surface area contributed by atoms with E-state index in [-0.39, 0.29) is 5.41 Å². The highest BCUT2D eigenvalue weighted by molar-refractivity contribution is 9.10. The van der Waals surface area contributed by atoms with Crippen molar-refractivity contribution < 1.29 is 0 Å². The molecule has 0 saturated heterocycles. The van der Waals surface area contributed by atoms with Gasteiger partial charge in [-0.3, -0.25) is 4.68 Å². The Morgan fingerprint density at radius 1 is 1.43 bits per heavy atom.